The lowest BCUT2D eigenvalue weighted by atomic mass is 10.2. The van der Waals surface area contributed by atoms with Crippen LogP contribution in [0.2, 0.25) is 10.2 Å². The van der Waals surface area contributed by atoms with E-state index >= 15 is 0 Å². The molecule has 0 radical (unpaired) electrons. The first-order valence-corrected chi connectivity index (χ1v) is 7.07. The zero-order valence-corrected chi connectivity index (χ0v) is 12.1. The van der Waals surface area contributed by atoms with Gasteiger partial charge in [-0.3, -0.25) is 0 Å². The van der Waals surface area contributed by atoms with Crippen LogP contribution >= 0.6 is 35.0 Å². The van der Waals surface area contributed by atoms with E-state index in [0.29, 0.717) is 10.2 Å². The number of nitrogens with zero attached hydrogens (tertiary/aromatic N) is 3. The molecule has 3 nitrogen and oxygen atoms in total. The van der Waals surface area contributed by atoms with Crippen LogP contribution < -0.4 is 0 Å². The van der Waals surface area contributed by atoms with Gasteiger partial charge in [0.2, 0.25) is 0 Å². The van der Waals surface area contributed by atoms with Crippen molar-refractivity contribution >= 4 is 35.0 Å². The van der Waals surface area contributed by atoms with E-state index in [1.54, 1.807) is 18.3 Å². The molecule has 2 heterocycles. The lowest BCUT2D eigenvalue weighted by molar-refractivity contribution is 0.855. The molecule has 0 unspecified atom stereocenters. The molecular formula is C12H11Cl2N3S. The Bertz CT molecular complexity index is 549. The van der Waals surface area contributed by atoms with Crippen LogP contribution in [-0.2, 0) is 6.42 Å². The number of hydrogen-bond acceptors (Lipinski definition) is 4. The van der Waals surface area contributed by atoms with Crippen LogP contribution in [0.4, 0.5) is 0 Å². The normalized spacial score (nSPS) is 10.6. The first-order valence-electron chi connectivity index (χ1n) is 5.50. The second kappa shape index (κ2) is 6.36. The first kappa shape index (κ1) is 13.6. The predicted molar refractivity (Wildman–Crippen MR) is 74.4 cm³/mol. The van der Waals surface area contributed by atoms with E-state index in [2.05, 4.69) is 21.9 Å². The fourth-order valence-corrected chi connectivity index (χ4v) is 2.87. The van der Waals surface area contributed by atoms with Crippen molar-refractivity contribution in [1.29, 1.82) is 0 Å². The van der Waals surface area contributed by atoms with Gasteiger partial charge >= 0.3 is 0 Å². The third-order valence-electron chi connectivity index (χ3n) is 2.27. The Kier molecular flexibility index (Phi) is 4.80. The van der Waals surface area contributed by atoms with Crippen LogP contribution in [0.15, 0.2) is 34.7 Å². The zero-order chi connectivity index (χ0) is 13.0. The summed E-state index contributed by atoms with van der Waals surface area (Å²) in [6.45, 7) is 2.09. The Morgan fingerprint density at radius 1 is 1.17 bits per heavy atom. The molecule has 0 bridgehead atoms. The van der Waals surface area contributed by atoms with Gasteiger partial charge in [-0.2, -0.15) is 0 Å². The molecule has 2 rings (SSSR count). The van der Waals surface area contributed by atoms with Crippen LogP contribution in [0.1, 0.15) is 18.9 Å². The molecule has 6 heteroatoms. The van der Waals surface area contributed by atoms with E-state index in [1.165, 1.54) is 18.1 Å². The van der Waals surface area contributed by atoms with Gasteiger partial charge in [-0.15, -0.1) is 0 Å². The van der Waals surface area contributed by atoms with Gasteiger partial charge in [-0.05, 0) is 30.3 Å². The Morgan fingerprint density at radius 3 is 2.72 bits per heavy atom. The van der Waals surface area contributed by atoms with Crippen molar-refractivity contribution in [2.45, 2.75) is 29.8 Å². The average molecular weight is 300 g/mol. The van der Waals surface area contributed by atoms with E-state index in [-0.39, 0.29) is 0 Å². The van der Waals surface area contributed by atoms with Crippen molar-refractivity contribution in [3.63, 3.8) is 0 Å². The number of halogens is 2. The van der Waals surface area contributed by atoms with Crippen LogP contribution in [0.3, 0.4) is 0 Å². The number of rotatable bonds is 4. The van der Waals surface area contributed by atoms with E-state index in [4.69, 9.17) is 23.2 Å². The number of hydrogen-bond donors (Lipinski definition) is 0. The van der Waals surface area contributed by atoms with E-state index in [9.17, 15) is 0 Å². The fourth-order valence-electron chi connectivity index (χ4n) is 1.46. The standard InChI is InChI=1S/C12H11Cl2N3S/c1-2-4-8-10(14)16-7-17-11(8)18-12-9(13)5-3-6-15-12/h3,5-7H,2,4H2,1H3. The SMILES string of the molecule is CCCc1c(Cl)ncnc1Sc1ncccc1Cl. The summed E-state index contributed by atoms with van der Waals surface area (Å²) in [7, 11) is 0. The van der Waals surface area contributed by atoms with Crippen LogP contribution in [-0.4, -0.2) is 15.0 Å². The smallest absolute Gasteiger partial charge is 0.136 e. The van der Waals surface area contributed by atoms with Crippen molar-refractivity contribution < 1.29 is 0 Å². The van der Waals surface area contributed by atoms with Gasteiger partial charge in [0.25, 0.3) is 0 Å². The molecule has 94 valence electrons. The topological polar surface area (TPSA) is 38.7 Å². The maximum Gasteiger partial charge on any atom is 0.136 e. The first-order chi connectivity index (χ1) is 8.72. The molecule has 0 amide bonds. The molecule has 0 saturated carbocycles. The summed E-state index contributed by atoms with van der Waals surface area (Å²) in [5, 5.41) is 2.66. The van der Waals surface area contributed by atoms with Gasteiger partial charge in [0.1, 0.15) is 21.5 Å². The van der Waals surface area contributed by atoms with Crippen molar-refractivity contribution in [3.8, 4) is 0 Å². The lowest BCUT2D eigenvalue weighted by Gasteiger charge is -2.08. The third-order valence-corrected chi connectivity index (χ3v) is 4.08. The highest BCUT2D eigenvalue weighted by molar-refractivity contribution is 7.99. The molecule has 0 aliphatic carbocycles. The van der Waals surface area contributed by atoms with E-state index < -0.39 is 0 Å². The van der Waals surface area contributed by atoms with Crippen molar-refractivity contribution in [2.75, 3.05) is 0 Å². The zero-order valence-electron chi connectivity index (χ0n) is 9.73. The van der Waals surface area contributed by atoms with Gasteiger partial charge in [-0.25, -0.2) is 15.0 Å². The Morgan fingerprint density at radius 2 is 2.00 bits per heavy atom. The molecule has 0 N–H and O–H groups in total. The average Bonchev–Trinajstić information content (AvgIpc) is 2.36. The second-order valence-corrected chi connectivity index (χ2v) is 5.33. The second-order valence-electron chi connectivity index (χ2n) is 3.59. The lowest BCUT2D eigenvalue weighted by Crippen LogP contribution is -1.96. The molecule has 2 aromatic rings. The quantitative estimate of drug-likeness (QED) is 0.790. The predicted octanol–water partition coefficient (Wildman–Crippen LogP) is 4.28. The van der Waals surface area contributed by atoms with Crippen LogP contribution in [0.5, 0.6) is 0 Å². The highest BCUT2D eigenvalue weighted by Gasteiger charge is 2.12. The fraction of sp³-hybridized carbons (Fsp3) is 0.250. The summed E-state index contributed by atoms with van der Waals surface area (Å²) in [6.07, 6.45) is 4.99. The van der Waals surface area contributed by atoms with E-state index in [0.717, 1.165) is 28.5 Å². The molecule has 0 saturated heterocycles. The van der Waals surface area contributed by atoms with E-state index in [1.807, 2.05) is 0 Å². The molecule has 2 aromatic heterocycles. The van der Waals surface area contributed by atoms with Crippen LogP contribution in [0.25, 0.3) is 0 Å². The van der Waals surface area contributed by atoms with Gasteiger partial charge < -0.3 is 0 Å². The molecular weight excluding hydrogens is 289 g/mol. The largest absolute Gasteiger partial charge is 0.248 e. The van der Waals surface area contributed by atoms with Gasteiger partial charge in [0, 0.05) is 11.8 Å². The summed E-state index contributed by atoms with van der Waals surface area (Å²) >= 11 is 13.6. The number of aromatic nitrogens is 3. The summed E-state index contributed by atoms with van der Waals surface area (Å²) in [5.74, 6) is 0. The van der Waals surface area contributed by atoms with Crippen molar-refractivity contribution in [1.82, 2.24) is 15.0 Å². The summed E-state index contributed by atoms with van der Waals surface area (Å²) in [4.78, 5) is 12.5. The Hall–Kier alpha value is -0.840. The maximum absolute atomic E-state index is 6.10. The highest BCUT2D eigenvalue weighted by Crippen LogP contribution is 2.34. The van der Waals surface area contributed by atoms with Crippen molar-refractivity contribution in [2.24, 2.45) is 0 Å². The molecule has 0 fully saturated rings. The minimum atomic E-state index is 0.501. The summed E-state index contributed by atoms with van der Waals surface area (Å²) in [5.41, 5.74) is 0.952. The molecule has 0 spiro atoms. The molecule has 0 aliphatic heterocycles. The molecule has 0 atom stereocenters. The highest BCUT2D eigenvalue weighted by atomic mass is 35.5. The monoisotopic (exact) mass is 299 g/mol. The maximum atomic E-state index is 6.10. The molecule has 0 aromatic carbocycles. The van der Waals surface area contributed by atoms with Crippen LogP contribution in [0, 0.1) is 0 Å². The molecule has 0 aliphatic rings. The van der Waals surface area contributed by atoms with Crippen molar-refractivity contribution in [3.05, 3.63) is 40.4 Å². The van der Waals surface area contributed by atoms with Gasteiger partial charge in [-0.1, -0.05) is 36.5 Å². The van der Waals surface area contributed by atoms with Gasteiger partial charge in [0.05, 0.1) is 5.02 Å². The minimum absolute atomic E-state index is 0.501. The third kappa shape index (κ3) is 3.13. The molecule has 18 heavy (non-hydrogen) atoms. The minimum Gasteiger partial charge on any atom is -0.248 e. The number of pyridine rings is 1. The summed E-state index contributed by atoms with van der Waals surface area (Å²) in [6, 6.07) is 3.60. The van der Waals surface area contributed by atoms with Gasteiger partial charge in [0.15, 0.2) is 0 Å². The Labute approximate surface area is 120 Å². The summed E-state index contributed by atoms with van der Waals surface area (Å²) < 4.78 is 0. The Balaban J connectivity index is 2.34.